The molecule has 1 aromatic carbocycles. The lowest BCUT2D eigenvalue weighted by Crippen LogP contribution is -2.21. The molecule has 0 amide bonds. The molecule has 0 aromatic heterocycles. The summed E-state index contributed by atoms with van der Waals surface area (Å²) in [6.07, 6.45) is 17.9. The van der Waals surface area contributed by atoms with Gasteiger partial charge in [0, 0.05) is 11.4 Å². The van der Waals surface area contributed by atoms with E-state index in [0.717, 1.165) is 17.4 Å². The molecule has 1 aliphatic heterocycles. The van der Waals surface area contributed by atoms with Crippen LogP contribution in [0.15, 0.2) is 60.1 Å². The van der Waals surface area contributed by atoms with Gasteiger partial charge >= 0.3 is 0 Å². The van der Waals surface area contributed by atoms with Crippen LogP contribution in [0.1, 0.15) is 57.6 Å². The van der Waals surface area contributed by atoms with Crippen molar-refractivity contribution in [1.29, 1.82) is 0 Å². The summed E-state index contributed by atoms with van der Waals surface area (Å²) in [6.45, 7) is 15.8. The zero-order valence-corrected chi connectivity index (χ0v) is 19.7. The fourth-order valence-corrected chi connectivity index (χ4v) is 2.69. The van der Waals surface area contributed by atoms with Gasteiger partial charge in [0.2, 0.25) is 0 Å². The molecule has 2 N–H and O–H groups in total. The fraction of sp³-hybridized carbons (Fsp3) is 0.462. The van der Waals surface area contributed by atoms with Gasteiger partial charge in [0.25, 0.3) is 0 Å². The quantitative estimate of drug-likeness (QED) is 0.292. The Morgan fingerprint density at radius 2 is 1.86 bits per heavy atom. The molecule has 1 heterocycles. The molecule has 0 spiro atoms. The third-order valence-corrected chi connectivity index (χ3v) is 5.09. The molecule has 3 heteroatoms. The minimum absolute atomic E-state index is 0.814. The lowest BCUT2D eigenvalue weighted by Gasteiger charge is -2.08. The Morgan fingerprint density at radius 1 is 1.24 bits per heavy atom. The number of hydrogen-bond donors (Lipinski definition) is 2. The Labute approximate surface area is 184 Å². The predicted octanol–water partition coefficient (Wildman–Crippen LogP) is 6.80. The van der Waals surface area contributed by atoms with E-state index in [1.54, 1.807) is 24.1 Å². The summed E-state index contributed by atoms with van der Waals surface area (Å²) in [4.78, 5) is 1.04. The highest BCUT2D eigenvalue weighted by atomic mass is 32.2. The van der Waals surface area contributed by atoms with Crippen LogP contribution >= 0.6 is 11.9 Å². The number of benzene rings is 1. The van der Waals surface area contributed by atoms with E-state index in [4.69, 9.17) is 6.42 Å². The fourth-order valence-electron chi connectivity index (χ4n) is 2.05. The van der Waals surface area contributed by atoms with Crippen molar-refractivity contribution >= 4 is 11.9 Å². The normalized spacial score (nSPS) is 13.7. The molecule has 0 radical (unpaired) electrons. The largest absolute Gasteiger partial charge is 0.317 e. The lowest BCUT2D eigenvalue weighted by molar-refractivity contribution is 0.520. The van der Waals surface area contributed by atoms with E-state index in [1.165, 1.54) is 49.9 Å². The molecule has 0 bridgehead atoms. The van der Waals surface area contributed by atoms with Gasteiger partial charge in [-0.05, 0) is 68.4 Å². The number of rotatable bonds is 7. The van der Waals surface area contributed by atoms with Crippen molar-refractivity contribution < 1.29 is 0 Å². The average Bonchev–Trinajstić information content (AvgIpc) is 2.76. The Hall–Kier alpha value is -1.73. The molecule has 0 aliphatic carbocycles. The van der Waals surface area contributed by atoms with E-state index in [1.807, 2.05) is 12.2 Å². The highest BCUT2D eigenvalue weighted by Crippen LogP contribution is 2.14. The molecule has 0 atom stereocenters. The van der Waals surface area contributed by atoms with E-state index in [2.05, 4.69) is 74.5 Å². The van der Waals surface area contributed by atoms with Crippen molar-refractivity contribution in [1.82, 2.24) is 10.0 Å². The molecule has 1 fully saturated rings. The zero-order chi connectivity index (χ0) is 21.7. The number of hydrogen-bond acceptors (Lipinski definition) is 3. The van der Waals surface area contributed by atoms with Crippen molar-refractivity contribution in [3.63, 3.8) is 0 Å². The summed E-state index contributed by atoms with van der Waals surface area (Å²) in [5.74, 6) is 3.33. The first-order chi connectivity index (χ1) is 14.0. The van der Waals surface area contributed by atoms with Crippen LogP contribution in [0, 0.1) is 25.2 Å². The van der Waals surface area contributed by atoms with Gasteiger partial charge in [0.15, 0.2) is 0 Å². The second-order valence-electron chi connectivity index (χ2n) is 7.32. The van der Waals surface area contributed by atoms with Gasteiger partial charge in [-0.2, -0.15) is 0 Å². The predicted molar refractivity (Wildman–Crippen MR) is 134 cm³/mol. The molecule has 29 heavy (non-hydrogen) atoms. The highest BCUT2D eigenvalue weighted by Gasteiger charge is 1.95. The van der Waals surface area contributed by atoms with Crippen molar-refractivity contribution in [2.24, 2.45) is 5.92 Å². The summed E-state index contributed by atoms with van der Waals surface area (Å²) in [5, 5.41) is 3.28. The van der Waals surface area contributed by atoms with Gasteiger partial charge in [-0.3, -0.25) is 4.72 Å². The van der Waals surface area contributed by atoms with Crippen LogP contribution in [0.4, 0.5) is 0 Å². The smallest absolute Gasteiger partial charge is 0.0313 e. The Morgan fingerprint density at radius 3 is 2.28 bits per heavy atom. The molecule has 1 aromatic rings. The summed E-state index contributed by atoms with van der Waals surface area (Å²) in [7, 11) is 0. The topological polar surface area (TPSA) is 24.1 Å². The van der Waals surface area contributed by atoms with Gasteiger partial charge in [-0.25, -0.2) is 0 Å². The van der Waals surface area contributed by atoms with Gasteiger partial charge in [0.1, 0.15) is 0 Å². The van der Waals surface area contributed by atoms with Crippen molar-refractivity contribution in [2.75, 3.05) is 13.1 Å². The zero-order valence-electron chi connectivity index (χ0n) is 18.8. The summed E-state index contributed by atoms with van der Waals surface area (Å²) < 4.78 is 3.29. The molecule has 160 valence electrons. The minimum Gasteiger partial charge on any atom is -0.317 e. The Balaban J connectivity index is 0.000000578. The maximum atomic E-state index is 5.13. The SMILES string of the molecule is C#C/C=C/C=C(\C=C)SNCc1ccc(C)cc1.C1CCNCC1.CCC(C)C. The van der Waals surface area contributed by atoms with Crippen LogP contribution in [0.25, 0.3) is 0 Å². The summed E-state index contributed by atoms with van der Waals surface area (Å²) in [5.41, 5.74) is 2.54. The second kappa shape index (κ2) is 19.6. The van der Waals surface area contributed by atoms with Crippen LogP contribution in [0.5, 0.6) is 0 Å². The van der Waals surface area contributed by atoms with Crippen molar-refractivity contribution in [3.8, 4) is 12.3 Å². The van der Waals surface area contributed by atoms with Gasteiger partial charge in [0.05, 0.1) is 0 Å². The van der Waals surface area contributed by atoms with E-state index in [-0.39, 0.29) is 0 Å². The Kier molecular flexibility index (Phi) is 18.4. The second-order valence-corrected chi connectivity index (χ2v) is 8.28. The minimum atomic E-state index is 0.814. The van der Waals surface area contributed by atoms with Crippen LogP contribution in [0.3, 0.4) is 0 Å². The summed E-state index contributed by atoms with van der Waals surface area (Å²) >= 11 is 1.54. The maximum absolute atomic E-state index is 5.13. The van der Waals surface area contributed by atoms with E-state index >= 15 is 0 Å². The first-order valence-corrected chi connectivity index (χ1v) is 11.5. The first-order valence-electron chi connectivity index (χ1n) is 10.6. The van der Waals surface area contributed by atoms with Gasteiger partial charge < -0.3 is 5.32 Å². The van der Waals surface area contributed by atoms with E-state index in [0.29, 0.717) is 0 Å². The molecule has 2 nitrogen and oxygen atoms in total. The van der Waals surface area contributed by atoms with Crippen molar-refractivity contribution in [2.45, 2.75) is 59.9 Å². The highest BCUT2D eigenvalue weighted by molar-refractivity contribution is 8.01. The van der Waals surface area contributed by atoms with Crippen LogP contribution in [-0.4, -0.2) is 13.1 Å². The first kappa shape index (κ1) is 27.3. The van der Waals surface area contributed by atoms with Crippen molar-refractivity contribution in [3.05, 3.63) is 71.2 Å². The van der Waals surface area contributed by atoms with Crippen LogP contribution in [-0.2, 0) is 6.54 Å². The number of allylic oxidation sites excluding steroid dienone is 4. The number of terminal acetylenes is 1. The number of aryl methyl sites for hydroxylation is 1. The third-order valence-electron chi connectivity index (χ3n) is 4.26. The van der Waals surface area contributed by atoms with Gasteiger partial charge in [-0.1, -0.05) is 88.1 Å². The Bertz CT molecular complexity index is 606. The van der Waals surface area contributed by atoms with Crippen LogP contribution < -0.4 is 10.0 Å². The molecule has 2 rings (SSSR count). The molecule has 1 saturated heterocycles. The third kappa shape index (κ3) is 18.1. The summed E-state index contributed by atoms with van der Waals surface area (Å²) in [6, 6.07) is 8.47. The molecule has 1 aliphatic rings. The molecular weight excluding hydrogens is 372 g/mol. The monoisotopic (exact) mass is 412 g/mol. The van der Waals surface area contributed by atoms with Gasteiger partial charge in [-0.15, -0.1) is 6.42 Å². The maximum Gasteiger partial charge on any atom is 0.0313 e. The average molecular weight is 413 g/mol. The number of nitrogens with one attached hydrogen (secondary N) is 2. The van der Waals surface area contributed by atoms with Crippen LogP contribution in [0.2, 0.25) is 0 Å². The molecular formula is C26H40N2S. The molecule has 0 saturated carbocycles. The van der Waals surface area contributed by atoms with E-state index in [9.17, 15) is 0 Å². The van der Waals surface area contributed by atoms with E-state index < -0.39 is 0 Å². The molecule has 0 unspecified atom stereocenters. The standard InChI is InChI=1S/C16H17NS.C5H11N.C5H12/c1-4-6-7-8-16(5-2)18-17-13-15-11-9-14(3)10-12-15;1-2-4-6-5-3-1;1-4-5(2)3/h1,5-12,17H,2,13H2,3H3;6H,1-5H2;5H,4H2,1-3H3/b7-6+,16-8+;;. The number of piperidine rings is 1. The lowest BCUT2D eigenvalue weighted by atomic mass is 10.2.